The van der Waals surface area contributed by atoms with E-state index in [0.29, 0.717) is 11.0 Å². The summed E-state index contributed by atoms with van der Waals surface area (Å²) in [6.45, 7) is 6.05. The molecule has 1 N–H and O–H groups in total. The molecule has 1 unspecified atom stereocenters. The normalized spacial score (nSPS) is 15.7. The standard InChI is InChI=1S/C20H23ClN4OS/c1-4-12(2)22-20-23-18-17(15-9-10-24(3)11-16(15)27-18)19(26)25(20)14-7-5-13(21)6-8-14/h5-8,12H,4,9-11H2,1-3H3,(H,22,23). The molecule has 7 heteroatoms. The highest BCUT2D eigenvalue weighted by Gasteiger charge is 2.24. The lowest BCUT2D eigenvalue weighted by molar-refractivity contribution is 0.318. The van der Waals surface area contributed by atoms with Crippen LogP contribution in [0, 0.1) is 0 Å². The fourth-order valence-electron chi connectivity index (χ4n) is 3.42. The fourth-order valence-corrected chi connectivity index (χ4v) is 4.84. The van der Waals surface area contributed by atoms with Gasteiger partial charge in [0, 0.05) is 29.0 Å². The van der Waals surface area contributed by atoms with Gasteiger partial charge in [0.15, 0.2) is 0 Å². The van der Waals surface area contributed by atoms with E-state index in [1.807, 2.05) is 12.1 Å². The Balaban J connectivity index is 1.97. The molecule has 1 atom stereocenters. The topological polar surface area (TPSA) is 50.2 Å². The van der Waals surface area contributed by atoms with Crippen LogP contribution in [0.5, 0.6) is 0 Å². The molecule has 0 amide bonds. The zero-order valence-electron chi connectivity index (χ0n) is 15.8. The predicted molar refractivity (Wildman–Crippen MR) is 114 cm³/mol. The Morgan fingerprint density at radius 3 is 2.78 bits per heavy atom. The first-order valence-corrected chi connectivity index (χ1v) is 10.5. The molecule has 27 heavy (non-hydrogen) atoms. The maximum absolute atomic E-state index is 13.6. The lowest BCUT2D eigenvalue weighted by Crippen LogP contribution is -2.28. The molecule has 0 radical (unpaired) electrons. The highest BCUT2D eigenvalue weighted by molar-refractivity contribution is 7.18. The van der Waals surface area contributed by atoms with Gasteiger partial charge in [-0.25, -0.2) is 9.55 Å². The van der Waals surface area contributed by atoms with Crippen molar-refractivity contribution in [1.82, 2.24) is 14.5 Å². The largest absolute Gasteiger partial charge is 0.353 e. The third kappa shape index (κ3) is 3.37. The molecule has 0 saturated heterocycles. The van der Waals surface area contributed by atoms with Crippen molar-refractivity contribution in [2.24, 2.45) is 0 Å². The highest BCUT2D eigenvalue weighted by atomic mass is 35.5. The summed E-state index contributed by atoms with van der Waals surface area (Å²) in [5.74, 6) is 0.594. The second kappa shape index (κ2) is 7.26. The van der Waals surface area contributed by atoms with Gasteiger partial charge in [0.25, 0.3) is 5.56 Å². The summed E-state index contributed by atoms with van der Waals surface area (Å²) >= 11 is 7.70. The highest BCUT2D eigenvalue weighted by Crippen LogP contribution is 2.33. The maximum Gasteiger partial charge on any atom is 0.268 e. The van der Waals surface area contributed by atoms with E-state index in [0.717, 1.165) is 41.8 Å². The van der Waals surface area contributed by atoms with Crippen LogP contribution in [0.1, 0.15) is 30.7 Å². The summed E-state index contributed by atoms with van der Waals surface area (Å²) in [5.41, 5.74) is 1.94. The van der Waals surface area contributed by atoms with Crippen molar-refractivity contribution < 1.29 is 0 Å². The number of hydrogen-bond acceptors (Lipinski definition) is 5. The van der Waals surface area contributed by atoms with Gasteiger partial charge in [0.05, 0.1) is 11.1 Å². The molecule has 5 nitrogen and oxygen atoms in total. The first-order chi connectivity index (χ1) is 13.0. The zero-order chi connectivity index (χ0) is 19.1. The van der Waals surface area contributed by atoms with Crippen LogP contribution in [-0.4, -0.2) is 34.1 Å². The van der Waals surface area contributed by atoms with Gasteiger partial charge in [-0.1, -0.05) is 18.5 Å². The Bertz CT molecular complexity index is 1040. The smallest absolute Gasteiger partial charge is 0.268 e. The second-order valence-electron chi connectivity index (χ2n) is 7.18. The Hall–Kier alpha value is -1.89. The lowest BCUT2D eigenvalue weighted by Gasteiger charge is -2.22. The van der Waals surface area contributed by atoms with E-state index in [2.05, 4.69) is 31.1 Å². The molecule has 0 fully saturated rings. The number of halogens is 1. The van der Waals surface area contributed by atoms with Crippen LogP contribution in [0.15, 0.2) is 29.1 Å². The first kappa shape index (κ1) is 18.5. The van der Waals surface area contributed by atoms with Gasteiger partial charge in [0.2, 0.25) is 5.95 Å². The van der Waals surface area contributed by atoms with E-state index in [1.54, 1.807) is 28.0 Å². The van der Waals surface area contributed by atoms with E-state index < -0.39 is 0 Å². The third-order valence-corrected chi connectivity index (χ3v) is 6.50. The maximum atomic E-state index is 13.6. The minimum absolute atomic E-state index is 0.00446. The summed E-state index contributed by atoms with van der Waals surface area (Å²) in [6.07, 6.45) is 1.84. The summed E-state index contributed by atoms with van der Waals surface area (Å²) in [5, 5.41) is 4.83. The number of thiophene rings is 1. The van der Waals surface area contributed by atoms with Crippen molar-refractivity contribution in [1.29, 1.82) is 0 Å². The predicted octanol–water partition coefficient (Wildman–Crippen LogP) is 4.30. The van der Waals surface area contributed by atoms with Crippen molar-refractivity contribution in [2.45, 2.75) is 39.3 Å². The molecule has 1 aliphatic rings. The number of likely N-dealkylation sites (N-methyl/N-ethyl adjacent to an activating group) is 1. The van der Waals surface area contributed by atoms with Gasteiger partial charge in [-0.3, -0.25) is 4.79 Å². The quantitative estimate of drug-likeness (QED) is 0.706. The monoisotopic (exact) mass is 402 g/mol. The van der Waals surface area contributed by atoms with Crippen LogP contribution < -0.4 is 10.9 Å². The first-order valence-electron chi connectivity index (χ1n) is 9.26. The third-order valence-electron chi connectivity index (χ3n) is 5.14. The van der Waals surface area contributed by atoms with Gasteiger partial charge in [-0.2, -0.15) is 0 Å². The molecule has 142 valence electrons. The van der Waals surface area contributed by atoms with Crippen molar-refractivity contribution in [3.05, 3.63) is 50.1 Å². The molecule has 0 bridgehead atoms. The number of fused-ring (bicyclic) bond motifs is 3. The van der Waals surface area contributed by atoms with Gasteiger partial charge in [0.1, 0.15) is 4.83 Å². The second-order valence-corrected chi connectivity index (χ2v) is 8.70. The van der Waals surface area contributed by atoms with E-state index in [1.165, 1.54) is 10.4 Å². The molecule has 0 spiro atoms. The Labute approximate surface area is 167 Å². The van der Waals surface area contributed by atoms with Gasteiger partial charge in [-0.05, 0) is 56.6 Å². The Kier molecular flexibility index (Phi) is 4.97. The molecule has 1 aliphatic heterocycles. The number of nitrogens with zero attached hydrogens (tertiary/aromatic N) is 3. The SMILES string of the molecule is CCC(C)Nc1nc2sc3c(c2c(=O)n1-c1ccc(Cl)cc1)CCN(C)C3. The van der Waals surface area contributed by atoms with E-state index in [4.69, 9.17) is 16.6 Å². The minimum Gasteiger partial charge on any atom is -0.353 e. The molecule has 2 aromatic heterocycles. The van der Waals surface area contributed by atoms with Crippen LogP contribution in [0.3, 0.4) is 0 Å². The van der Waals surface area contributed by atoms with Gasteiger partial charge < -0.3 is 10.2 Å². The number of benzene rings is 1. The van der Waals surface area contributed by atoms with Gasteiger partial charge >= 0.3 is 0 Å². The van der Waals surface area contributed by atoms with E-state index >= 15 is 0 Å². The van der Waals surface area contributed by atoms with Crippen LogP contribution >= 0.6 is 22.9 Å². The van der Waals surface area contributed by atoms with Crippen LogP contribution in [-0.2, 0) is 13.0 Å². The van der Waals surface area contributed by atoms with Gasteiger partial charge in [-0.15, -0.1) is 11.3 Å². The van der Waals surface area contributed by atoms with Crippen molar-refractivity contribution >= 4 is 39.1 Å². The molecule has 1 aromatic carbocycles. The zero-order valence-corrected chi connectivity index (χ0v) is 17.3. The fraction of sp³-hybridized carbons (Fsp3) is 0.400. The van der Waals surface area contributed by atoms with E-state index in [-0.39, 0.29) is 11.6 Å². The average Bonchev–Trinajstić information content (AvgIpc) is 3.00. The summed E-state index contributed by atoms with van der Waals surface area (Å²) in [4.78, 5) is 22.8. The number of rotatable bonds is 4. The van der Waals surface area contributed by atoms with Crippen molar-refractivity contribution in [3.8, 4) is 5.69 Å². The molecular weight excluding hydrogens is 380 g/mol. The Morgan fingerprint density at radius 1 is 1.33 bits per heavy atom. The summed E-state index contributed by atoms with van der Waals surface area (Å²) in [6, 6.07) is 7.56. The Morgan fingerprint density at radius 2 is 2.07 bits per heavy atom. The van der Waals surface area contributed by atoms with Crippen LogP contribution in [0.25, 0.3) is 15.9 Å². The molecule has 0 aliphatic carbocycles. The van der Waals surface area contributed by atoms with E-state index in [9.17, 15) is 4.79 Å². The molecular formula is C20H23ClN4OS. The number of nitrogens with one attached hydrogen (secondary N) is 1. The number of aromatic nitrogens is 2. The molecule has 0 saturated carbocycles. The van der Waals surface area contributed by atoms with Crippen LogP contribution in [0.4, 0.5) is 5.95 Å². The van der Waals surface area contributed by atoms with Crippen LogP contribution in [0.2, 0.25) is 5.02 Å². The average molecular weight is 403 g/mol. The lowest BCUT2D eigenvalue weighted by atomic mass is 10.1. The summed E-state index contributed by atoms with van der Waals surface area (Å²) in [7, 11) is 2.11. The number of hydrogen-bond donors (Lipinski definition) is 1. The molecule has 4 rings (SSSR count). The molecule has 3 aromatic rings. The van der Waals surface area contributed by atoms with Crippen molar-refractivity contribution in [2.75, 3.05) is 18.9 Å². The minimum atomic E-state index is -0.00446. The van der Waals surface area contributed by atoms with Crippen molar-refractivity contribution in [3.63, 3.8) is 0 Å². The molecule has 3 heterocycles. The number of anilines is 1. The summed E-state index contributed by atoms with van der Waals surface area (Å²) < 4.78 is 1.69.